The van der Waals surface area contributed by atoms with Crippen molar-refractivity contribution in [1.82, 2.24) is 9.55 Å². The summed E-state index contributed by atoms with van der Waals surface area (Å²) in [5, 5.41) is 1.69. The number of aromatic nitrogens is 2. The number of hydrogen-bond acceptors (Lipinski definition) is 3. The van der Waals surface area contributed by atoms with Crippen molar-refractivity contribution in [1.29, 1.82) is 0 Å². The van der Waals surface area contributed by atoms with Crippen LogP contribution in [0.5, 0.6) is 5.75 Å². The van der Waals surface area contributed by atoms with Gasteiger partial charge in [0.25, 0.3) is 5.56 Å². The summed E-state index contributed by atoms with van der Waals surface area (Å²) in [6.07, 6.45) is 1.82. The molecule has 4 rings (SSSR count). The van der Waals surface area contributed by atoms with Crippen LogP contribution in [-0.4, -0.2) is 9.55 Å². The second-order valence-corrected chi connectivity index (χ2v) is 6.57. The third-order valence-electron chi connectivity index (χ3n) is 4.23. The highest BCUT2D eigenvalue weighted by atomic mass is 35.5. The van der Waals surface area contributed by atoms with Crippen LogP contribution in [0.2, 0.25) is 10.0 Å². The molecule has 122 valence electrons. The average Bonchev–Trinajstić information content (AvgIpc) is 3.04. The first-order valence-electron chi connectivity index (χ1n) is 7.72. The van der Waals surface area contributed by atoms with Crippen molar-refractivity contribution in [2.24, 2.45) is 0 Å². The maximum atomic E-state index is 12.6. The Morgan fingerprint density at radius 1 is 1.17 bits per heavy atom. The van der Waals surface area contributed by atoms with Gasteiger partial charge in [-0.3, -0.25) is 9.36 Å². The molecule has 0 radical (unpaired) electrons. The molecule has 0 saturated heterocycles. The first-order chi connectivity index (χ1) is 11.6. The second-order valence-electron chi connectivity index (χ2n) is 5.76. The normalized spacial score (nSPS) is 13.2. The SMILES string of the molecule is O=c1c2cc(OCc3c(Cl)cccc3Cl)ccc2nc2n1CCC2. The van der Waals surface area contributed by atoms with Crippen LogP contribution in [0.1, 0.15) is 17.8 Å². The molecule has 0 unspecified atom stereocenters. The van der Waals surface area contributed by atoms with Crippen molar-refractivity contribution < 1.29 is 4.74 Å². The van der Waals surface area contributed by atoms with Gasteiger partial charge in [0.15, 0.2) is 0 Å². The third-order valence-corrected chi connectivity index (χ3v) is 4.94. The highest BCUT2D eigenvalue weighted by Crippen LogP contribution is 2.26. The van der Waals surface area contributed by atoms with Gasteiger partial charge < -0.3 is 4.74 Å². The van der Waals surface area contributed by atoms with Gasteiger partial charge in [-0.2, -0.15) is 0 Å². The molecule has 6 heteroatoms. The van der Waals surface area contributed by atoms with E-state index in [4.69, 9.17) is 27.9 Å². The smallest absolute Gasteiger partial charge is 0.261 e. The highest BCUT2D eigenvalue weighted by molar-refractivity contribution is 6.35. The number of aryl methyl sites for hydroxylation is 1. The zero-order valence-corrected chi connectivity index (χ0v) is 14.3. The Morgan fingerprint density at radius 3 is 2.75 bits per heavy atom. The summed E-state index contributed by atoms with van der Waals surface area (Å²) in [7, 11) is 0. The fourth-order valence-corrected chi connectivity index (χ4v) is 3.48. The zero-order valence-electron chi connectivity index (χ0n) is 12.8. The van der Waals surface area contributed by atoms with Gasteiger partial charge in [-0.05, 0) is 36.8 Å². The first kappa shape index (κ1) is 15.5. The van der Waals surface area contributed by atoms with Crippen LogP contribution in [0, 0.1) is 0 Å². The lowest BCUT2D eigenvalue weighted by molar-refractivity contribution is 0.307. The Hall–Kier alpha value is -2.04. The topological polar surface area (TPSA) is 44.1 Å². The summed E-state index contributed by atoms with van der Waals surface area (Å²) in [5.41, 5.74) is 1.43. The predicted molar refractivity (Wildman–Crippen MR) is 95.1 cm³/mol. The van der Waals surface area contributed by atoms with Crippen LogP contribution < -0.4 is 10.3 Å². The van der Waals surface area contributed by atoms with Gasteiger partial charge in [0.05, 0.1) is 10.9 Å². The number of hydrogen-bond donors (Lipinski definition) is 0. The Kier molecular flexibility index (Phi) is 3.94. The van der Waals surface area contributed by atoms with E-state index in [1.54, 1.807) is 28.8 Å². The molecule has 0 N–H and O–H groups in total. The molecule has 0 spiro atoms. The fraction of sp³-hybridized carbons (Fsp3) is 0.222. The van der Waals surface area contributed by atoms with E-state index in [0.717, 1.165) is 30.8 Å². The van der Waals surface area contributed by atoms with E-state index in [0.29, 0.717) is 26.7 Å². The van der Waals surface area contributed by atoms with Gasteiger partial charge in [0.2, 0.25) is 0 Å². The van der Waals surface area contributed by atoms with Crippen LogP contribution >= 0.6 is 23.2 Å². The molecule has 1 aliphatic rings. The molecule has 0 bridgehead atoms. The minimum atomic E-state index is -0.00581. The van der Waals surface area contributed by atoms with Crippen molar-refractivity contribution in [2.45, 2.75) is 26.0 Å². The average molecular weight is 361 g/mol. The van der Waals surface area contributed by atoms with Crippen LogP contribution in [0.15, 0.2) is 41.2 Å². The van der Waals surface area contributed by atoms with Crippen molar-refractivity contribution in [3.63, 3.8) is 0 Å². The Morgan fingerprint density at radius 2 is 1.96 bits per heavy atom. The fourth-order valence-electron chi connectivity index (χ4n) is 2.98. The summed E-state index contributed by atoms with van der Waals surface area (Å²) >= 11 is 12.3. The van der Waals surface area contributed by atoms with E-state index < -0.39 is 0 Å². The second kappa shape index (κ2) is 6.11. The van der Waals surface area contributed by atoms with Gasteiger partial charge in [-0.1, -0.05) is 29.3 Å². The number of benzene rings is 2. The third kappa shape index (κ3) is 2.66. The lowest BCUT2D eigenvalue weighted by Crippen LogP contribution is -2.20. The zero-order chi connectivity index (χ0) is 16.7. The lowest BCUT2D eigenvalue weighted by Gasteiger charge is -2.11. The van der Waals surface area contributed by atoms with E-state index in [-0.39, 0.29) is 12.2 Å². The molecule has 0 fully saturated rings. The van der Waals surface area contributed by atoms with Crippen LogP contribution in [0.25, 0.3) is 10.9 Å². The van der Waals surface area contributed by atoms with Crippen LogP contribution in [-0.2, 0) is 19.6 Å². The molecule has 2 heterocycles. The number of nitrogens with zero attached hydrogens (tertiary/aromatic N) is 2. The molecule has 2 aromatic carbocycles. The van der Waals surface area contributed by atoms with Crippen molar-refractivity contribution >= 4 is 34.1 Å². The van der Waals surface area contributed by atoms with E-state index in [1.165, 1.54) is 0 Å². The predicted octanol–water partition coefficient (Wildman–Crippen LogP) is 4.23. The number of fused-ring (bicyclic) bond motifs is 2. The molecular formula is C18H14Cl2N2O2. The van der Waals surface area contributed by atoms with Gasteiger partial charge in [-0.25, -0.2) is 4.98 Å². The lowest BCUT2D eigenvalue weighted by atomic mass is 10.2. The maximum Gasteiger partial charge on any atom is 0.261 e. The van der Waals surface area contributed by atoms with Gasteiger partial charge >= 0.3 is 0 Å². The van der Waals surface area contributed by atoms with E-state index >= 15 is 0 Å². The molecular weight excluding hydrogens is 347 g/mol. The van der Waals surface area contributed by atoms with E-state index in [1.807, 2.05) is 12.1 Å². The van der Waals surface area contributed by atoms with E-state index in [2.05, 4.69) is 4.98 Å². The Balaban J connectivity index is 1.67. The molecule has 3 aromatic rings. The molecule has 4 nitrogen and oxygen atoms in total. The molecule has 24 heavy (non-hydrogen) atoms. The number of halogens is 2. The summed E-state index contributed by atoms with van der Waals surface area (Å²) < 4.78 is 7.54. The van der Waals surface area contributed by atoms with E-state index in [9.17, 15) is 4.79 Å². The van der Waals surface area contributed by atoms with Crippen molar-refractivity contribution in [3.8, 4) is 5.75 Å². The quantitative estimate of drug-likeness (QED) is 0.701. The molecule has 0 atom stereocenters. The van der Waals surface area contributed by atoms with Crippen molar-refractivity contribution in [3.05, 3.63) is 68.2 Å². The Labute approximate surface area is 148 Å². The van der Waals surface area contributed by atoms with Crippen LogP contribution in [0.3, 0.4) is 0 Å². The van der Waals surface area contributed by atoms with Crippen molar-refractivity contribution in [2.75, 3.05) is 0 Å². The molecule has 1 aliphatic heterocycles. The summed E-state index contributed by atoms with van der Waals surface area (Å²) in [5.74, 6) is 1.46. The standard InChI is InChI=1S/C18H14Cl2N2O2/c19-14-3-1-4-15(20)13(14)10-24-11-6-7-16-12(9-11)18(23)22-8-2-5-17(22)21-16/h1,3-4,6-7,9H,2,5,8,10H2. The molecule has 0 amide bonds. The first-order valence-corrected chi connectivity index (χ1v) is 8.48. The number of rotatable bonds is 3. The summed E-state index contributed by atoms with van der Waals surface area (Å²) in [4.78, 5) is 17.1. The minimum Gasteiger partial charge on any atom is -0.489 e. The van der Waals surface area contributed by atoms with Gasteiger partial charge in [0.1, 0.15) is 18.2 Å². The molecule has 0 aliphatic carbocycles. The Bertz CT molecular complexity index is 978. The minimum absolute atomic E-state index is 0.00581. The maximum absolute atomic E-state index is 12.6. The molecule has 1 aromatic heterocycles. The monoisotopic (exact) mass is 360 g/mol. The highest BCUT2D eigenvalue weighted by Gasteiger charge is 2.16. The number of ether oxygens (including phenoxy) is 1. The largest absolute Gasteiger partial charge is 0.489 e. The summed E-state index contributed by atoms with van der Waals surface area (Å²) in [6.45, 7) is 0.973. The van der Waals surface area contributed by atoms with Gasteiger partial charge in [0, 0.05) is 28.6 Å². The summed E-state index contributed by atoms with van der Waals surface area (Å²) in [6, 6.07) is 10.7. The van der Waals surface area contributed by atoms with Crippen LogP contribution in [0.4, 0.5) is 0 Å². The van der Waals surface area contributed by atoms with Gasteiger partial charge in [-0.15, -0.1) is 0 Å². The molecule has 0 saturated carbocycles.